The van der Waals surface area contributed by atoms with Crippen molar-refractivity contribution in [3.8, 4) is 6.07 Å². The second-order valence-electron chi connectivity index (χ2n) is 9.60. The summed E-state index contributed by atoms with van der Waals surface area (Å²) in [5.74, 6) is -0.766. The van der Waals surface area contributed by atoms with Gasteiger partial charge in [0.1, 0.15) is 22.4 Å². The molecule has 0 atom stereocenters. The van der Waals surface area contributed by atoms with Crippen LogP contribution in [0, 0.1) is 18.3 Å². The number of rotatable bonds is 7. The quantitative estimate of drug-likeness (QED) is 0.260. The number of halogens is 4. The number of aromatic nitrogens is 3. The number of benzene rings is 1. The van der Waals surface area contributed by atoms with Crippen LogP contribution in [-0.4, -0.2) is 57.7 Å². The molecule has 0 aliphatic carbocycles. The van der Waals surface area contributed by atoms with Gasteiger partial charge in [-0.3, -0.25) is 15.0 Å². The van der Waals surface area contributed by atoms with Crippen LogP contribution in [0.25, 0.3) is 21.1 Å². The maximum atomic E-state index is 13.0. The Morgan fingerprint density at radius 2 is 2.00 bits per heavy atom. The SMILES string of the molecule is Cc1c(CN2CCC(Nc3nc(NC(=O)CF)nc4sc(CC(F)(F)F)cc34)CC2)ccc2[nH]c(C#N)cc12. The second-order valence-corrected chi connectivity index (χ2v) is 10.7. The molecular formula is C26H25F4N7OS. The Morgan fingerprint density at radius 3 is 2.69 bits per heavy atom. The van der Waals surface area contributed by atoms with Gasteiger partial charge in [-0.1, -0.05) is 6.07 Å². The lowest BCUT2D eigenvalue weighted by molar-refractivity contribution is -0.126. The summed E-state index contributed by atoms with van der Waals surface area (Å²) in [4.78, 5) is 25.8. The van der Waals surface area contributed by atoms with E-state index in [0.717, 1.165) is 60.3 Å². The van der Waals surface area contributed by atoms with Crippen molar-refractivity contribution in [2.45, 2.75) is 44.9 Å². The number of anilines is 2. The first-order valence-electron chi connectivity index (χ1n) is 12.3. The minimum Gasteiger partial charge on any atom is -0.367 e. The Hall–Kier alpha value is -3.76. The summed E-state index contributed by atoms with van der Waals surface area (Å²) in [6.07, 6.45) is -3.94. The van der Waals surface area contributed by atoms with Crippen LogP contribution < -0.4 is 10.6 Å². The number of thiophene rings is 1. The van der Waals surface area contributed by atoms with Gasteiger partial charge in [0.25, 0.3) is 5.91 Å². The Balaban J connectivity index is 1.29. The number of aryl methyl sites for hydroxylation is 1. The number of alkyl halides is 4. The highest BCUT2D eigenvalue weighted by Crippen LogP contribution is 2.34. The van der Waals surface area contributed by atoms with E-state index < -0.39 is 25.2 Å². The number of hydrogen-bond donors (Lipinski definition) is 3. The van der Waals surface area contributed by atoms with E-state index in [2.05, 4.69) is 49.5 Å². The molecule has 8 nitrogen and oxygen atoms in total. The standard InChI is InChI=1S/C26H25F4N7OS/c1-14-15(2-3-21-19(14)8-17(12-31)32-21)13-37-6-4-16(5-7-37)33-23-20-9-18(10-26(28,29)30)39-24(20)36-25(35-23)34-22(38)11-27/h2-3,8-9,16,32H,4-7,10-11,13H2,1H3,(H2,33,34,35,36,38). The monoisotopic (exact) mass is 559 g/mol. The predicted molar refractivity (Wildman–Crippen MR) is 141 cm³/mol. The van der Waals surface area contributed by atoms with E-state index in [1.165, 1.54) is 11.6 Å². The molecule has 1 aliphatic heterocycles. The van der Waals surface area contributed by atoms with Gasteiger partial charge in [-0.2, -0.15) is 23.4 Å². The van der Waals surface area contributed by atoms with Crippen LogP contribution in [-0.2, 0) is 17.8 Å². The van der Waals surface area contributed by atoms with Gasteiger partial charge in [0.05, 0.1) is 11.8 Å². The molecule has 3 N–H and O–H groups in total. The molecule has 4 aromatic rings. The first-order chi connectivity index (χ1) is 18.6. The number of nitriles is 1. The third kappa shape index (κ3) is 6.12. The molecule has 3 aromatic heterocycles. The van der Waals surface area contributed by atoms with Gasteiger partial charge in [-0.25, -0.2) is 9.37 Å². The molecule has 0 spiro atoms. The van der Waals surface area contributed by atoms with Crippen LogP contribution in [0.4, 0.5) is 29.3 Å². The summed E-state index contributed by atoms with van der Waals surface area (Å²) in [5, 5.41) is 16.2. The molecule has 0 saturated carbocycles. The highest BCUT2D eigenvalue weighted by molar-refractivity contribution is 7.18. The molecule has 0 radical (unpaired) electrons. The van der Waals surface area contributed by atoms with Crippen molar-refractivity contribution in [3.63, 3.8) is 0 Å². The molecule has 0 bridgehead atoms. The summed E-state index contributed by atoms with van der Waals surface area (Å²) in [5.41, 5.74) is 3.77. The zero-order valence-electron chi connectivity index (χ0n) is 21.0. The first kappa shape index (κ1) is 26.8. The maximum Gasteiger partial charge on any atom is 0.393 e. The second kappa shape index (κ2) is 10.8. The van der Waals surface area contributed by atoms with E-state index in [1.54, 1.807) is 0 Å². The predicted octanol–water partition coefficient (Wildman–Crippen LogP) is 5.44. The Kier molecular flexibility index (Phi) is 7.42. The van der Waals surface area contributed by atoms with Crippen LogP contribution in [0.2, 0.25) is 0 Å². The number of fused-ring (bicyclic) bond motifs is 2. The van der Waals surface area contributed by atoms with E-state index in [-0.39, 0.29) is 21.7 Å². The van der Waals surface area contributed by atoms with Crippen molar-refractivity contribution in [2.75, 3.05) is 30.4 Å². The summed E-state index contributed by atoms with van der Waals surface area (Å²) >= 11 is 0.871. The molecule has 1 amide bonds. The minimum atomic E-state index is -4.37. The average Bonchev–Trinajstić information content (AvgIpc) is 3.49. The van der Waals surface area contributed by atoms with Gasteiger partial charge in [0, 0.05) is 41.5 Å². The smallest absolute Gasteiger partial charge is 0.367 e. The third-order valence-corrected chi connectivity index (χ3v) is 7.85. The average molecular weight is 560 g/mol. The lowest BCUT2D eigenvalue weighted by atomic mass is 10.0. The van der Waals surface area contributed by atoms with Gasteiger partial charge in [-0.15, -0.1) is 11.3 Å². The first-order valence-corrected chi connectivity index (χ1v) is 13.2. The van der Waals surface area contributed by atoms with Crippen molar-refractivity contribution < 1.29 is 22.4 Å². The summed E-state index contributed by atoms with van der Waals surface area (Å²) in [6.45, 7) is 3.11. The van der Waals surface area contributed by atoms with Gasteiger partial charge >= 0.3 is 6.18 Å². The van der Waals surface area contributed by atoms with Crippen LogP contribution in [0.3, 0.4) is 0 Å². The zero-order valence-corrected chi connectivity index (χ0v) is 21.8. The molecule has 204 valence electrons. The molecule has 1 aromatic carbocycles. The Bertz CT molecular complexity index is 1560. The van der Waals surface area contributed by atoms with Crippen molar-refractivity contribution in [1.29, 1.82) is 5.26 Å². The molecule has 4 heterocycles. The fourth-order valence-electron chi connectivity index (χ4n) is 4.88. The van der Waals surface area contributed by atoms with Crippen molar-refractivity contribution >= 4 is 50.1 Å². The number of carbonyl (C=O) groups is 1. The highest BCUT2D eigenvalue weighted by atomic mass is 32.1. The third-order valence-electron chi connectivity index (χ3n) is 6.82. The molecule has 0 unspecified atom stereocenters. The molecule has 1 saturated heterocycles. The van der Waals surface area contributed by atoms with Gasteiger partial charge in [-0.05, 0) is 49.1 Å². The summed E-state index contributed by atoms with van der Waals surface area (Å²) < 4.78 is 51.7. The number of aromatic amines is 1. The van der Waals surface area contributed by atoms with Gasteiger partial charge in [0.2, 0.25) is 5.95 Å². The molecule has 5 rings (SSSR count). The van der Waals surface area contributed by atoms with Crippen LogP contribution in [0.5, 0.6) is 0 Å². The molecule has 1 aliphatic rings. The number of piperidine rings is 1. The molecular weight excluding hydrogens is 534 g/mol. The van der Waals surface area contributed by atoms with E-state index in [4.69, 9.17) is 0 Å². The van der Waals surface area contributed by atoms with Crippen molar-refractivity contribution in [2.24, 2.45) is 0 Å². The summed E-state index contributed by atoms with van der Waals surface area (Å²) in [6, 6.07) is 9.48. The molecule has 13 heteroatoms. The molecule has 39 heavy (non-hydrogen) atoms. The summed E-state index contributed by atoms with van der Waals surface area (Å²) in [7, 11) is 0. The number of amides is 1. The number of nitrogens with one attached hydrogen (secondary N) is 3. The van der Waals surface area contributed by atoms with Gasteiger partial charge < -0.3 is 10.3 Å². The van der Waals surface area contributed by atoms with Crippen LogP contribution in [0.15, 0.2) is 24.3 Å². The number of likely N-dealkylation sites (tertiary alicyclic amines) is 1. The van der Waals surface area contributed by atoms with E-state index in [9.17, 15) is 27.6 Å². The normalized spacial score (nSPS) is 15.1. The highest BCUT2D eigenvalue weighted by Gasteiger charge is 2.29. The largest absolute Gasteiger partial charge is 0.393 e. The van der Waals surface area contributed by atoms with Crippen LogP contribution in [0.1, 0.15) is 34.5 Å². The number of H-pyrrole nitrogens is 1. The molecule has 1 fully saturated rings. The van der Waals surface area contributed by atoms with Gasteiger partial charge in [0.15, 0.2) is 6.67 Å². The topological polar surface area (TPSA) is 110 Å². The maximum absolute atomic E-state index is 13.0. The fourth-order valence-corrected chi connectivity index (χ4v) is 5.93. The number of nitrogens with zero attached hydrogens (tertiary/aromatic N) is 4. The minimum absolute atomic E-state index is 0.00137. The number of hydrogen-bond acceptors (Lipinski definition) is 7. The van der Waals surface area contributed by atoms with E-state index >= 15 is 0 Å². The van der Waals surface area contributed by atoms with E-state index in [0.29, 0.717) is 16.9 Å². The fraction of sp³-hybridized carbons (Fsp3) is 0.385. The van der Waals surface area contributed by atoms with Crippen LogP contribution >= 0.6 is 11.3 Å². The van der Waals surface area contributed by atoms with Crippen molar-refractivity contribution in [1.82, 2.24) is 19.9 Å². The number of carbonyl (C=O) groups excluding carboxylic acids is 1. The van der Waals surface area contributed by atoms with E-state index in [1.807, 2.05) is 12.1 Å². The van der Waals surface area contributed by atoms with Crippen molar-refractivity contribution in [3.05, 3.63) is 46.0 Å². The lowest BCUT2D eigenvalue weighted by Crippen LogP contribution is -2.39. The zero-order chi connectivity index (χ0) is 27.7. The Morgan fingerprint density at radius 1 is 1.23 bits per heavy atom. The lowest BCUT2D eigenvalue weighted by Gasteiger charge is -2.33. The Labute approximate surface area is 225 Å².